The van der Waals surface area contributed by atoms with E-state index in [0.29, 0.717) is 5.41 Å². The fourth-order valence-electron chi connectivity index (χ4n) is 2.24. The van der Waals surface area contributed by atoms with Crippen LogP contribution >= 0.6 is 0 Å². The van der Waals surface area contributed by atoms with Gasteiger partial charge in [0, 0.05) is 6.04 Å². The van der Waals surface area contributed by atoms with Crippen molar-refractivity contribution in [3.63, 3.8) is 0 Å². The molecule has 1 aromatic rings. The molecule has 0 radical (unpaired) electrons. The summed E-state index contributed by atoms with van der Waals surface area (Å²) < 4.78 is 0. The third-order valence-electron chi connectivity index (χ3n) is 3.17. The van der Waals surface area contributed by atoms with Gasteiger partial charge >= 0.3 is 0 Å². The van der Waals surface area contributed by atoms with Crippen molar-refractivity contribution >= 4 is 0 Å². The maximum atomic E-state index is 6.07. The van der Waals surface area contributed by atoms with Gasteiger partial charge in [0.15, 0.2) is 0 Å². The first-order valence-electron chi connectivity index (χ1n) is 4.96. The Morgan fingerprint density at radius 1 is 1.31 bits per heavy atom. The van der Waals surface area contributed by atoms with Crippen LogP contribution in [-0.2, 0) is 5.41 Å². The first-order valence-corrected chi connectivity index (χ1v) is 4.96. The highest BCUT2D eigenvalue weighted by Crippen LogP contribution is 2.39. The zero-order valence-electron chi connectivity index (χ0n) is 8.38. The quantitative estimate of drug-likeness (QED) is 0.644. The van der Waals surface area contributed by atoms with Gasteiger partial charge in [0.2, 0.25) is 0 Å². The number of hydrogen-bond acceptors (Lipinski definition) is 1. The smallest absolute Gasteiger partial charge is 0.0298 e. The highest BCUT2D eigenvalue weighted by Gasteiger charge is 2.30. The van der Waals surface area contributed by atoms with Gasteiger partial charge in [-0.05, 0) is 29.4 Å². The lowest BCUT2D eigenvalue weighted by molar-refractivity contribution is 0.396. The van der Waals surface area contributed by atoms with Crippen LogP contribution in [0.2, 0.25) is 0 Å². The Balaban J connectivity index is 2.55. The van der Waals surface area contributed by atoms with E-state index in [4.69, 9.17) is 5.73 Å². The van der Waals surface area contributed by atoms with E-state index in [1.54, 1.807) is 0 Å². The molecular weight excluding hydrogens is 158 g/mol. The Kier molecular flexibility index (Phi) is 1.92. The Hall–Kier alpha value is -0.820. The third kappa shape index (κ3) is 1.37. The molecule has 0 aromatic heterocycles. The number of benzene rings is 1. The third-order valence-corrected chi connectivity index (χ3v) is 3.17. The molecule has 0 heterocycles. The van der Waals surface area contributed by atoms with Gasteiger partial charge in [0.05, 0.1) is 0 Å². The average molecular weight is 175 g/mol. The fourth-order valence-corrected chi connectivity index (χ4v) is 2.24. The molecule has 0 aliphatic heterocycles. The second-order valence-corrected chi connectivity index (χ2v) is 4.62. The highest BCUT2D eigenvalue weighted by molar-refractivity contribution is 5.37. The summed E-state index contributed by atoms with van der Waals surface area (Å²) in [6.45, 7) is 4.61. The Bertz CT molecular complexity index is 315. The monoisotopic (exact) mass is 175 g/mol. The summed E-state index contributed by atoms with van der Waals surface area (Å²) >= 11 is 0. The molecule has 70 valence electrons. The van der Waals surface area contributed by atoms with Crippen LogP contribution in [0.5, 0.6) is 0 Å². The minimum Gasteiger partial charge on any atom is -0.324 e. The number of rotatable bonds is 0. The van der Waals surface area contributed by atoms with E-state index in [1.807, 2.05) is 0 Å². The van der Waals surface area contributed by atoms with E-state index >= 15 is 0 Å². The van der Waals surface area contributed by atoms with Gasteiger partial charge in [-0.25, -0.2) is 0 Å². The molecule has 0 fully saturated rings. The Morgan fingerprint density at radius 2 is 2.00 bits per heavy atom. The fraction of sp³-hybridized carbons (Fsp3) is 0.500. The van der Waals surface area contributed by atoms with Gasteiger partial charge in [0.1, 0.15) is 0 Å². The second-order valence-electron chi connectivity index (χ2n) is 4.62. The first-order chi connectivity index (χ1) is 6.11. The van der Waals surface area contributed by atoms with Gasteiger partial charge < -0.3 is 5.73 Å². The predicted octanol–water partition coefficient (Wildman–Crippen LogP) is 2.76. The van der Waals surface area contributed by atoms with Gasteiger partial charge in [-0.2, -0.15) is 0 Å². The molecule has 2 N–H and O–H groups in total. The SMILES string of the molecule is CC1(C)CC[C@@H](N)c2ccccc21. The van der Waals surface area contributed by atoms with Crippen LogP contribution in [0.25, 0.3) is 0 Å². The van der Waals surface area contributed by atoms with Crippen LogP contribution in [0.3, 0.4) is 0 Å². The Labute approximate surface area is 80.0 Å². The van der Waals surface area contributed by atoms with Gasteiger partial charge in [-0.3, -0.25) is 0 Å². The van der Waals surface area contributed by atoms with Crippen molar-refractivity contribution in [3.8, 4) is 0 Å². The summed E-state index contributed by atoms with van der Waals surface area (Å²) in [4.78, 5) is 0. The highest BCUT2D eigenvalue weighted by atomic mass is 14.6. The maximum Gasteiger partial charge on any atom is 0.0298 e. The molecule has 0 saturated carbocycles. The summed E-state index contributed by atoms with van der Waals surface area (Å²) in [7, 11) is 0. The van der Waals surface area contributed by atoms with Crippen LogP contribution in [0, 0.1) is 0 Å². The van der Waals surface area contributed by atoms with Crippen LogP contribution in [0.4, 0.5) is 0 Å². The molecule has 1 aliphatic carbocycles. The van der Waals surface area contributed by atoms with Gasteiger partial charge in [-0.1, -0.05) is 38.1 Å². The van der Waals surface area contributed by atoms with E-state index in [-0.39, 0.29) is 6.04 Å². The molecule has 1 aliphatic rings. The van der Waals surface area contributed by atoms with Crippen molar-refractivity contribution in [1.29, 1.82) is 0 Å². The predicted molar refractivity (Wildman–Crippen MR) is 55.6 cm³/mol. The molecule has 0 bridgehead atoms. The van der Waals surface area contributed by atoms with E-state index in [1.165, 1.54) is 17.5 Å². The molecule has 1 nitrogen and oxygen atoms in total. The number of hydrogen-bond donors (Lipinski definition) is 1. The van der Waals surface area contributed by atoms with Gasteiger partial charge in [0.25, 0.3) is 0 Å². The van der Waals surface area contributed by atoms with E-state index < -0.39 is 0 Å². The lowest BCUT2D eigenvalue weighted by Gasteiger charge is -2.35. The zero-order chi connectivity index (χ0) is 9.47. The summed E-state index contributed by atoms with van der Waals surface area (Å²) in [6, 6.07) is 8.83. The summed E-state index contributed by atoms with van der Waals surface area (Å²) in [5.74, 6) is 0. The topological polar surface area (TPSA) is 26.0 Å². The number of nitrogens with two attached hydrogens (primary N) is 1. The first kappa shape index (κ1) is 8.76. The second kappa shape index (κ2) is 2.85. The van der Waals surface area contributed by atoms with Crippen LogP contribution in [0.15, 0.2) is 24.3 Å². The van der Waals surface area contributed by atoms with Crippen molar-refractivity contribution < 1.29 is 0 Å². The van der Waals surface area contributed by atoms with E-state index in [0.717, 1.165) is 6.42 Å². The zero-order valence-corrected chi connectivity index (χ0v) is 8.38. The largest absolute Gasteiger partial charge is 0.324 e. The van der Waals surface area contributed by atoms with Crippen molar-refractivity contribution in [2.75, 3.05) is 0 Å². The van der Waals surface area contributed by atoms with E-state index in [2.05, 4.69) is 38.1 Å². The van der Waals surface area contributed by atoms with Gasteiger partial charge in [-0.15, -0.1) is 0 Å². The molecule has 0 amide bonds. The lowest BCUT2D eigenvalue weighted by atomic mass is 9.71. The maximum absolute atomic E-state index is 6.07. The van der Waals surface area contributed by atoms with Crippen LogP contribution in [-0.4, -0.2) is 0 Å². The molecule has 0 spiro atoms. The Morgan fingerprint density at radius 3 is 2.69 bits per heavy atom. The molecule has 2 rings (SSSR count). The standard InChI is InChI=1S/C12H17N/c1-12(2)8-7-11(13)9-5-3-4-6-10(9)12/h3-6,11H,7-8,13H2,1-2H3/t11-/m1/s1. The molecule has 1 atom stereocenters. The molecule has 0 saturated heterocycles. The average Bonchev–Trinajstić information content (AvgIpc) is 2.13. The molecule has 1 heteroatoms. The lowest BCUT2D eigenvalue weighted by Crippen LogP contribution is -2.29. The van der Waals surface area contributed by atoms with Crippen molar-refractivity contribution in [1.82, 2.24) is 0 Å². The molecule has 1 aromatic carbocycles. The van der Waals surface area contributed by atoms with Crippen LogP contribution < -0.4 is 5.73 Å². The minimum absolute atomic E-state index is 0.254. The summed E-state index contributed by atoms with van der Waals surface area (Å²) in [5, 5.41) is 0. The molecule has 0 unspecified atom stereocenters. The van der Waals surface area contributed by atoms with Crippen molar-refractivity contribution in [2.24, 2.45) is 5.73 Å². The summed E-state index contributed by atoms with van der Waals surface area (Å²) in [5.41, 5.74) is 9.16. The van der Waals surface area contributed by atoms with Crippen molar-refractivity contribution in [3.05, 3.63) is 35.4 Å². The minimum atomic E-state index is 0.254. The molecular formula is C12H17N. The number of fused-ring (bicyclic) bond motifs is 1. The van der Waals surface area contributed by atoms with Crippen molar-refractivity contribution in [2.45, 2.75) is 38.1 Å². The van der Waals surface area contributed by atoms with E-state index in [9.17, 15) is 0 Å². The molecule has 13 heavy (non-hydrogen) atoms. The van der Waals surface area contributed by atoms with Crippen LogP contribution in [0.1, 0.15) is 43.9 Å². The normalized spacial score (nSPS) is 25.3. The summed E-state index contributed by atoms with van der Waals surface area (Å²) in [6.07, 6.45) is 2.31.